The number of ether oxygens (including phenoxy) is 2. The van der Waals surface area contributed by atoms with Gasteiger partial charge in [-0.15, -0.1) is 0 Å². The first-order chi connectivity index (χ1) is 10.3. The average Bonchev–Trinajstić information content (AvgIpc) is 2.43. The summed E-state index contributed by atoms with van der Waals surface area (Å²) >= 11 is 0. The lowest BCUT2D eigenvalue weighted by Crippen LogP contribution is -2.35. The van der Waals surface area contributed by atoms with Gasteiger partial charge in [0.1, 0.15) is 11.4 Å². The molecule has 0 saturated heterocycles. The summed E-state index contributed by atoms with van der Waals surface area (Å²) in [6, 6.07) is 6.81. The Bertz CT molecular complexity index is 528. The highest BCUT2D eigenvalue weighted by atomic mass is 16.6. The van der Waals surface area contributed by atoms with Crippen molar-refractivity contribution in [2.75, 3.05) is 20.2 Å². The number of amides is 1. The summed E-state index contributed by atoms with van der Waals surface area (Å²) in [7, 11) is 1.69. The van der Waals surface area contributed by atoms with E-state index in [1.807, 2.05) is 20.8 Å². The Hall–Kier alpha value is -2.33. The molecule has 1 aromatic rings. The highest BCUT2D eigenvalue weighted by Gasteiger charge is 2.19. The molecule has 1 rings (SSSR count). The van der Waals surface area contributed by atoms with Gasteiger partial charge in [0.15, 0.2) is 0 Å². The Labute approximate surface area is 130 Å². The van der Waals surface area contributed by atoms with E-state index in [2.05, 4.69) is 4.99 Å². The average molecular weight is 306 g/mol. The number of carbonyl (C=O) groups is 1. The van der Waals surface area contributed by atoms with Crippen molar-refractivity contribution in [3.05, 3.63) is 24.3 Å². The number of hydrogen-bond acceptors (Lipinski definition) is 5. The molecule has 0 radical (unpaired) electrons. The Morgan fingerprint density at radius 2 is 1.91 bits per heavy atom. The first-order valence-corrected chi connectivity index (χ1v) is 7.06. The maximum Gasteiger partial charge on any atom is 0.410 e. The van der Waals surface area contributed by atoms with Gasteiger partial charge in [-0.1, -0.05) is 0 Å². The van der Waals surface area contributed by atoms with Gasteiger partial charge in [-0.05, 0) is 51.5 Å². The third-order valence-corrected chi connectivity index (χ3v) is 2.62. The van der Waals surface area contributed by atoms with E-state index < -0.39 is 5.60 Å². The van der Waals surface area contributed by atoms with Gasteiger partial charge in [0.05, 0.1) is 12.3 Å². The summed E-state index contributed by atoms with van der Waals surface area (Å²) in [5.41, 5.74) is 0.0418. The van der Waals surface area contributed by atoms with Gasteiger partial charge in [0.2, 0.25) is 6.08 Å². The summed E-state index contributed by atoms with van der Waals surface area (Å²) in [4.78, 5) is 26.9. The molecule has 0 heterocycles. The number of hydrogen-bond donors (Lipinski definition) is 0. The third-order valence-electron chi connectivity index (χ3n) is 2.62. The first kappa shape index (κ1) is 17.7. The molecule has 120 valence electrons. The Balaban J connectivity index is 2.29. The van der Waals surface area contributed by atoms with Crippen LogP contribution in [0.1, 0.15) is 27.2 Å². The van der Waals surface area contributed by atoms with Gasteiger partial charge in [-0.25, -0.2) is 9.59 Å². The van der Waals surface area contributed by atoms with Crippen LogP contribution in [0.2, 0.25) is 0 Å². The minimum atomic E-state index is -0.492. The lowest BCUT2D eigenvalue weighted by Gasteiger charge is -2.24. The number of nitrogens with zero attached hydrogens (tertiary/aromatic N) is 2. The predicted octanol–water partition coefficient (Wildman–Crippen LogP) is 3.29. The van der Waals surface area contributed by atoms with Crippen LogP contribution in [-0.2, 0) is 9.53 Å². The zero-order valence-electron chi connectivity index (χ0n) is 13.5. The molecular weight excluding hydrogens is 284 g/mol. The molecule has 6 nitrogen and oxygen atoms in total. The van der Waals surface area contributed by atoms with Gasteiger partial charge in [0, 0.05) is 13.6 Å². The minimum Gasteiger partial charge on any atom is -0.494 e. The van der Waals surface area contributed by atoms with E-state index >= 15 is 0 Å². The summed E-state index contributed by atoms with van der Waals surface area (Å²) in [6.07, 6.45) is 1.82. The van der Waals surface area contributed by atoms with Crippen molar-refractivity contribution in [2.24, 2.45) is 4.99 Å². The van der Waals surface area contributed by atoms with Crippen LogP contribution >= 0.6 is 0 Å². The molecule has 0 saturated carbocycles. The number of benzene rings is 1. The summed E-state index contributed by atoms with van der Waals surface area (Å²) < 4.78 is 10.8. The number of carbonyl (C=O) groups excluding carboxylic acids is 2. The van der Waals surface area contributed by atoms with E-state index in [4.69, 9.17) is 9.47 Å². The second kappa shape index (κ2) is 8.20. The standard InChI is InChI=1S/C16H22N2O4/c1-16(2,3)22-15(20)18(4)10-5-11-21-14-8-6-13(7-9-14)17-12-19/h6-9H,5,10-11H2,1-4H3. The Morgan fingerprint density at radius 1 is 1.27 bits per heavy atom. The van der Waals surface area contributed by atoms with E-state index in [9.17, 15) is 9.59 Å². The lowest BCUT2D eigenvalue weighted by molar-refractivity contribution is 0.0292. The first-order valence-electron chi connectivity index (χ1n) is 7.06. The minimum absolute atomic E-state index is 0.344. The molecule has 0 aliphatic heterocycles. The van der Waals surface area contributed by atoms with Crippen LogP contribution in [0.5, 0.6) is 5.75 Å². The summed E-state index contributed by atoms with van der Waals surface area (Å²) in [6.45, 7) is 6.52. The lowest BCUT2D eigenvalue weighted by atomic mass is 10.2. The fourth-order valence-electron chi connectivity index (χ4n) is 1.59. The molecule has 0 atom stereocenters. The Kier molecular flexibility index (Phi) is 6.60. The molecule has 0 spiro atoms. The van der Waals surface area contributed by atoms with Crippen molar-refractivity contribution in [3.8, 4) is 5.75 Å². The molecule has 22 heavy (non-hydrogen) atoms. The van der Waals surface area contributed by atoms with E-state index in [-0.39, 0.29) is 6.09 Å². The fourth-order valence-corrected chi connectivity index (χ4v) is 1.59. The molecule has 0 unspecified atom stereocenters. The molecular formula is C16H22N2O4. The Morgan fingerprint density at radius 3 is 2.45 bits per heavy atom. The summed E-state index contributed by atoms with van der Waals surface area (Å²) in [5.74, 6) is 0.685. The van der Waals surface area contributed by atoms with Crippen molar-refractivity contribution in [1.82, 2.24) is 4.90 Å². The van der Waals surface area contributed by atoms with Crippen molar-refractivity contribution < 1.29 is 19.1 Å². The van der Waals surface area contributed by atoms with Crippen LogP contribution in [0.3, 0.4) is 0 Å². The van der Waals surface area contributed by atoms with Crippen molar-refractivity contribution >= 4 is 17.9 Å². The van der Waals surface area contributed by atoms with Crippen LogP contribution in [0, 0.1) is 0 Å². The van der Waals surface area contributed by atoms with Crippen molar-refractivity contribution in [2.45, 2.75) is 32.8 Å². The van der Waals surface area contributed by atoms with Gasteiger partial charge in [0.25, 0.3) is 0 Å². The zero-order valence-corrected chi connectivity index (χ0v) is 13.5. The SMILES string of the molecule is CN(CCCOc1ccc(N=C=O)cc1)C(=O)OC(C)(C)C. The van der Waals surface area contributed by atoms with Crippen molar-refractivity contribution in [3.63, 3.8) is 0 Å². The van der Waals surface area contributed by atoms with Crippen molar-refractivity contribution in [1.29, 1.82) is 0 Å². The molecule has 0 aliphatic rings. The monoisotopic (exact) mass is 306 g/mol. The fraction of sp³-hybridized carbons (Fsp3) is 0.500. The second-order valence-electron chi connectivity index (χ2n) is 5.80. The molecule has 0 fully saturated rings. The van der Waals surface area contributed by atoms with Crippen LogP contribution in [0.25, 0.3) is 0 Å². The molecule has 0 bridgehead atoms. The largest absolute Gasteiger partial charge is 0.494 e. The highest BCUT2D eigenvalue weighted by Crippen LogP contribution is 2.17. The van der Waals surface area contributed by atoms with Crippen LogP contribution in [0.15, 0.2) is 29.3 Å². The van der Waals surface area contributed by atoms with Gasteiger partial charge >= 0.3 is 6.09 Å². The highest BCUT2D eigenvalue weighted by molar-refractivity contribution is 5.67. The second-order valence-corrected chi connectivity index (χ2v) is 5.80. The zero-order chi connectivity index (χ0) is 16.6. The molecule has 0 N–H and O–H groups in total. The predicted molar refractivity (Wildman–Crippen MR) is 83.2 cm³/mol. The smallest absolute Gasteiger partial charge is 0.410 e. The van der Waals surface area contributed by atoms with Gasteiger partial charge < -0.3 is 14.4 Å². The van der Waals surface area contributed by atoms with Crippen LogP contribution < -0.4 is 4.74 Å². The molecule has 1 amide bonds. The molecule has 0 aromatic heterocycles. The maximum absolute atomic E-state index is 11.7. The van der Waals surface area contributed by atoms with Crippen LogP contribution in [0.4, 0.5) is 10.5 Å². The third kappa shape index (κ3) is 6.90. The number of aliphatic imine (C=N–C) groups is 1. The maximum atomic E-state index is 11.7. The van der Waals surface area contributed by atoms with E-state index in [0.717, 1.165) is 0 Å². The van der Waals surface area contributed by atoms with Crippen LogP contribution in [-0.4, -0.2) is 42.9 Å². The molecule has 6 heteroatoms. The summed E-state index contributed by atoms with van der Waals surface area (Å²) in [5, 5.41) is 0. The normalized spacial score (nSPS) is 10.5. The quantitative estimate of drug-likeness (QED) is 0.459. The van der Waals surface area contributed by atoms with E-state index in [1.165, 1.54) is 11.0 Å². The topological polar surface area (TPSA) is 68.2 Å². The van der Waals surface area contributed by atoms with E-state index in [1.54, 1.807) is 31.3 Å². The number of rotatable bonds is 6. The van der Waals surface area contributed by atoms with Gasteiger partial charge in [-0.3, -0.25) is 0 Å². The van der Waals surface area contributed by atoms with E-state index in [0.29, 0.717) is 31.0 Å². The van der Waals surface area contributed by atoms with Gasteiger partial charge in [-0.2, -0.15) is 4.99 Å². The molecule has 1 aromatic carbocycles. The molecule has 0 aliphatic carbocycles. The number of isocyanates is 1.